The second-order valence-corrected chi connectivity index (χ2v) is 6.68. The summed E-state index contributed by atoms with van der Waals surface area (Å²) in [5, 5.41) is 8.13. The Morgan fingerprint density at radius 3 is 2.92 bits per heavy atom. The summed E-state index contributed by atoms with van der Waals surface area (Å²) in [5.74, 6) is 1.77. The van der Waals surface area contributed by atoms with Crippen LogP contribution in [-0.2, 0) is 9.53 Å². The predicted molar refractivity (Wildman–Crippen MR) is 88.3 cm³/mol. The number of carbonyl (C=O) groups is 1. The molecule has 1 amide bonds. The highest BCUT2D eigenvalue weighted by molar-refractivity contribution is 5.85. The highest BCUT2D eigenvalue weighted by atomic mass is 16.5. The second-order valence-electron chi connectivity index (χ2n) is 6.68. The van der Waals surface area contributed by atoms with Crippen molar-refractivity contribution in [2.75, 3.05) is 26.3 Å². The number of ether oxygens (including phenoxy) is 2. The van der Waals surface area contributed by atoms with Crippen molar-refractivity contribution in [1.82, 2.24) is 15.1 Å². The minimum absolute atomic E-state index is 0.0573. The number of para-hydroxylation sites is 1. The van der Waals surface area contributed by atoms with Gasteiger partial charge in [-0.3, -0.25) is 4.79 Å². The Hall–Kier alpha value is -2.41. The van der Waals surface area contributed by atoms with Crippen molar-refractivity contribution in [1.29, 1.82) is 0 Å². The monoisotopic (exact) mass is 343 g/mol. The van der Waals surface area contributed by atoms with Gasteiger partial charge < -0.3 is 18.8 Å². The van der Waals surface area contributed by atoms with E-state index in [0.717, 1.165) is 11.3 Å². The third-order valence-corrected chi connectivity index (χ3v) is 4.60. The molecule has 0 saturated carbocycles. The van der Waals surface area contributed by atoms with Crippen LogP contribution >= 0.6 is 0 Å². The second kappa shape index (κ2) is 6.48. The van der Waals surface area contributed by atoms with Crippen LogP contribution in [-0.4, -0.2) is 47.3 Å². The molecule has 7 nitrogen and oxygen atoms in total. The third-order valence-electron chi connectivity index (χ3n) is 4.60. The van der Waals surface area contributed by atoms with Crippen LogP contribution in [0.3, 0.4) is 0 Å². The zero-order valence-electron chi connectivity index (χ0n) is 14.3. The standard InChI is InChI=1S/C18H21N3O4/c1-11(2)16-19-20-17(25-16)15-9-21(7-8-23-15)18(22)13-10-24-14-6-4-3-5-12(13)14/h3-6,11,13,15H,7-10H2,1-2H3/t13-,15-/m0/s1. The average Bonchev–Trinajstić information content (AvgIpc) is 3.28. The van der Waals surface area contributed by atoms with Crippen LogP contribution in [0.25, 0.3) is 0 Å². The van der Waals surface area contributed by atoms with Gasteiger partial charge in [0, 0.05) is 18.0 Å². The summed E-state index contributed by atoms with van der Waals surface area (Å²) < 4.78 is 17.1. The molecular weight excluding hydrogens is 322 g/mol. The van der Waals surface area contributed by atoms with E-state index >= 15 is 0 Å². The lowest BCUT2D eigenvalue weighted by molar-refractivity contribution is -0.141. The number of hydrogen-bond acceptors (Lipinski definition) is 6. The molecule has 1 aromatic carbocycles. The van der Waals surface area contributed by atoms with E-state index in [1.165, 1.54) is 0 Å². The molecular formula is C18H21N3O4. The molecule has 132 valence electrons. The number of amides is 1. The van der Waals surface area contributed by atoms with Gasteiger partial charge in [-0.2, -0.15) is 0 Å². The molecule has 7 heteroatoms. The van der Waals surface area contributed by atoms with Crippen LogP contribution in [0.2, 0.25) is 0 Å². The van der Waals surface area contributed by atoms with E-state index in [1.807, 2.05) is 43.0 Å². The van der Waals surface area contributed by atoms with Crippen LogP contribution in [0.15, 0.2) is 28.7 Å². The van der Waals surface area contributed by atoms with Crippen molar-refractivity contribution >= 4 is 5.91 Å². The Bertz CT molecular complexity index is 773. The van der Waals surface area contributed by atoms with Gasteiger partial charge in [-0.05, 0) is 6.07 Å². The number of aromatic nitrogens is 2. The summed E-state index contributed by atoms with van der Waals surface area (Å²) in [6.45, 7) is 5.79. The number of morpholine rings is 1. The number of carbonyl (C=O) groups excluding carboxylic acids is 1. The van der Waals surface area contributed by atoms with Crippen LogP contribution in [0.4, 0.5) is 0 Å². The van der Waals surface area contributed by atoms with Crippen molar-refractivity contribution in [3.8, 4) is 5.75 Å². The van der Waals surface area contributed by atoms with E-state index in [2.05, 4.69) is 10.2 Å². The molecule has 0 N–H and O–H groups in total. The molecule has 0 unspecified atom stereocenters. The molecule has 25 heavy (non-hydrogen) atoms. The molecule has 2 aromatic rings. The summed E-state index contributed by atoms with van der Waals surface area (Å²) in [7, 11) is 0. The quantitative estimate of drug-likeness (QED) is 0.851. The van der Waals surface area contributed by atoms with Gasteiger partial charge >= 0.3 is 0 Å². The summed E-state index contributed by atoms with van der Waals surface area (Å²) in [6, 6.07) is 7.70. The average molecular weight is 343 g/mol. The van der Waals surface area contributed by atoms with Gasteiger partial charge in [0.15, 0.2) is 6.10 Å². The van der Waals surface area contributed by atoms with Gasteiger partial charge in [0.1, 0.15) is 18.3 Å². The van der Waals surface area contributed by atoms with Gasteiger partial charge in [-0.1, -0.05) is 32.0 Å². The summed E-state index contributed by atoms with van der Waals surface area (Å²) >= 11 is 0. The minimum Gasteiger partial charge on any atom is -0.492 e. The lowest BCUT2D eigenvalue weighted by Gasteiger charge is -2.32. The van der Waals surface area contributed by atoms with Crippen molar-refractivity contribution < 1.29 is 18.7 Å². The van der Waals surface area contributed by atoms with Crippen LogP contribution in [0.5, 0.6) is 5.75 Å². The number of fused-ring (bicyclic) bond motifs is 1. The third kappa shape index (κ3) is 3.00. The Morgan fingerprint density at radius 1 is 1.28 bits per heavy atom. The van der Waals surface area contributed by atoms with E-state index in [1.54, 1.807) is 0 Å². The zero-order chi connectivity index (χ0) is 17.4. The predicted octanol–water partition coefficient (Wildman–Crippen LogP) is 2.27. The molecule has 0 aliphatic carbocycles. The van der Waals surface area contributed by atoms with Crippen molar-refractivity contribution in [3.63, 3.8) is 0 Å². The first kappa shape index (κ1) is 16.1. The SMILES string of the molecule is CC(C)c1nnc([C@@H]2CN(C(=O)[C@H]3COc4ccccc43)CCO2)o1. The number of nitrogens with zero attached hydrogens (tertiary/aromatic N) is 3. The molecule has 2 aliphatic rings. The van der Waals surface area contributed by atoms with Crippen LogP contribution in [0.1, 0.15) is 49.1 Å². The maximum absolute atomic E-state index is 13.0. The fraction of sp³-hybridized carbons (Fsp3) is 0.500. The highest BCUT2D eigenvalue weighted by Crippen LogP contribution is 2.35. The number of hydrogen-bond donors (Lipinski definition) is 0. The lowest BCUT2D eigenvalue weighted by atomic mass is 9.99. The lowest BCUT2D eigenvalue weighted by Crippen LogP contribution is -2.44. The molecule has 3 heterocycles. The normalized spacial score (nSPS) is 22.8. The first-order chi connectivity index (χ1) is 12.1. The van der Waals surface area contributed by atoms with E-state index in [4.69, 9.17) is 13.9 Å². The van der Waals surface area contributed by atoms with Crippen molar-refractivity contribution in [2.45, 2.75) is 31.8 Å². The number of benzene rings is 1. The van der Waals surface area contributed by atoms with Gasteiger partial charge in [-0.25, -0.2) is 0 Å². The molecule has 1 fully saturated rings. The maximum Gasteiger partial charge on any atom is 0.247 e. The van der Waals surface area contributed by atoms with Crippen molar-refractivity contribution in [2.24, 2.45) is 0 Å². The molecule has 0 radical (unpaired) electrons. The fourth-order valence-electron chi connectivity index (χ4n) is 3.20. The van der Waals surface area contributed by atoms with E-state index in [0.29, 0.717) is 38.1 Å². The van der Waals surface area contributed by atoms with Crippen molar-refractivity contribution in [3.05, 3.63) is 41.6 Å². The molecule has 2 atom stereocenters. The largest absolute Gasteiger partial charge is 0.492 e. The Morgan fingerprint density at radius 2 is 2.12 bits per heavy atom. The highest BCUT2D eigenvalue weighted by Gasteiger charge is 2.36. The molecule has 2 aliphatic heterocycles. The zero-order valence-corrected chi connectivity index (χ0v) is 14.3. The topological polar surface area (TPSA) is 77.7 Å². The smallest absolute Gasteiger partial charge is 0.247 e. The van der Waals surface area contributed by atoms with Gasteiger partial charge in [0.2, 0.25) is 17.7 Å². The van der Waals surface area contributed by atoms with Gasteiger partial charge in [0.05, 0.1) is 13.2 Å². The summed E-state index contributed by atoms with van der Waals surface area (Å²) in [6.07, 6.45) is -0.379. The molecule has 4 rings (SSSR count). The molecule has 1 saturated heterocycles. The summed E-state index contributed by atoms with van der Waals surface area (Å²) in [5.41, 5.74) is 0.954. The fourth-order valence-corrected chi connectivity index (χ4v) is 3.20. The minimum atomic E-state index is -0.379. The number of rotatable bonds is 3. The molecule has 0 bridgehead atoms. The first-order valence-electron chi connectivity index (χ1n) is 8.59. The molecule has 0 spiro atoms. The summed E-state index contributed by atoms with van der Waals surface area (Å²) in [4.78, 5) is 14.8. The van der Waals surface area contributed by atoms with E-state index in [9.17, 15) is 4.79 Å². The Balaban J connectivity index is 1.48. The molecule has 1 aromatic heterocycles. The Kier molecular flexibility index (Phi) is 4.17. The van der Waals surface area contributed by atoms with Crippen LogP contribution < -0.4 is 4.74 Å². The van der Waals surface area contributed by atoms with E-state index in [-0.39, 0.29) is 23.8 Å². The van der Waals surface area contributed by atoms with Gasteiger partial charge in [-0.15, -0.1) is 10.2 Å². The van der Waals surface area contributed by atoms with Crippen LogP contribution in [0, 0.1) is 0 Å². The maximum atomic E-state index is 13.0. The van der Waals surface area contributed by atoms with E-state index < -0.39 is 0 Å². The van der Waals surface area contributed by atoms with Gasteiger partial charge in [0.25, 0.3) is 0 Å². The Labute approximate surface area is 145 Å². The first-order valence-corrected chi connectivity index (χ1v) is 8.59.